The molecule has 2 N–H and O–H groups in total. The van der Waals surface area contributed by atoms with Gasteiger partial charge in [-0.1, -0.05) is 42.6 Å². The minimum Gasteiger partial charge on any atom is -0.326 e. The van der Waals surface area contributed by atoms with Crippen LogP contribution in [0.1, 0.15) is 46.0 Å². The quantitative estimate of drug-likeness (QED) is 0.642. The molecule has 1 fully saturated rings. The number of nitrogens with one attached hydrogen (secondary N) is 2. The van der Waals surface area contributed by atoms with Crippen LogP contribution in [-0.4, -0.2) is 34.8 Å². The molecule has 1 heterocycles. The number of urea groups is 1. The molecule has 0 bridgehead atoms. The third-order valence-corrected chi connectivity index (χ3v) is 4.82. The van der Waals surface area contributed by atoms with Gasteiger partial charge in [0.15, 0.2) is 0 Å². The van der Waals surface area contributed by atoms with E-state index in [0.717, 1.165) is 17.3 Å². The molecule has 4 amide bonds. The Labute approximate surface area is 156 Å². The maximum atomic E-state index is 12.7. The van der Waals surface area contributed by atoms with Crippen molar-refractivity contribution in [3.63, 3.8) is 0 Å². The maximum Gasteiger partial charge on any atom is 0.325 e. The molecule has 0 aliphatic carbocycles. The van der Waals surface area contributed by atoms with Crippen LogP contribution in [0.25, 0.3) is 0 Å². The first kappa shape index (κ1) is 19.4. The highest BCUT2D eigenvalue weighted by molar-refractivity contribution is 9.10. The third kappa shape index (κ3) is 4.60. The van der Waals surface area contributed by atoms with Crippen molar-refractivity contribution in [1.82, 2.24) is 10.2 Å². The van der Waals surface area contributed by atoms with Crippen LogP contribution in [0.2, 0.25) is 0 Å². The Morgan fingerprint density at radius 1 is 1.16 bits per heavy atom. The molecule has 0 aromatic heterocycles. The molecule has 0 unspecified atom stereocenters. The van der Waals surface area contributed by atoms with Crippen LogP contribution in [0.15, 0.2) is 28.7 Å². The molecule has 1 aliphatic heterocycles. The number of hydrogen-bond acceptors (Lipinski definition) is 3. The van der Waals surface area contributed by atoms with Crippen molar-refractivity contribution < 1.29 is 14.4 Å². The standard InChI is InChI=1S/C18H24BrN3O3/c1-3-10-18(11-4-2)16(24)22(17(25)21-18)12-9-15(23)20-14-7-5-13(19)6-8-14/h5-8H,3-4,9-12H2,1-2H3,(H,20,23)(H,21,25). The number of carbonyl (C=O) groups is 3. The highest BCUT2D eigenvalue weighted by Crippen LogP contribution is 2.28. The highest BCUT2D eigenvalue weighted by Gasteiger charge is 2.49. The predicted molar refractivity (Wildman–Crippen MR) is 100 cm³/mol. The van der Waals surface area contributed by atoms with Gasteiger partial charge in [0, 0.05) is 23.1 Å². The van der Waals surface area contributed by atoms with Gasteiger partial charge in [0.1, 0.15) is 5.54 Å². The lowest BCUT2D eigenvalue weighted by molar-refractivity contribution is -0.132. The van der Waals surface area contributed by atoms with Crippen LogP contribution in [0.5, 0.6) is 0 Å². The molecule has 7 heteroatoms. The van der Waals surface area contributed by atoms with Gasteiger partial charge in [0.05, 0.1) is 0 Å². The minimum absolute atomic E-state index is 0.0730. The number of imide groups is 1. The molecule has 0 radical (unpaired) electrons. The summed E-state index contributed by atoms with van der Waals surface area (Å²) in [6.45, 7) is 4.07. The zero-order valence-corrected chi connectivity index (χ0v) is 16.2. The fourth-order valence-corrected chi connectivity index (χ4v) is 3.43. The van der Waals surface area contributed by atoms with Crippen molar-refractivity contribution in [3.05, 3.63) is 28.7 Å². The molecule has 1 aliphatic rings. The Bertz CT molecular complexity index is 639. The maximum absolute atomic E-state index is 12.7. The molecule has 0 atom stereocenters. The largest absolute Gasteiger partial charge is 0.326 e. The lowest BCUT2D eigenvalue weighted by atomic mass is 9.88. The summed E-state index contributed by atoms with van der Waals surface area (Å²) in [5, 5.41) is 5.61. The lowest BCUT2D eigenvalue weighted by Gasteiger charge is -2.25. The summed E-state index contributed by atoms with van der Waals surface area (Å²) in [5.74, 6) is -0.441. The first-order chi connectivity index (χ1) is 11.9. The van der Waals surface area contributed by atoms with E-state index >= 15 is 0 Å². The van der Waals surface area contributed by atoms with Crippen LogP contribution < -0.4 is 10.6 Å². The average Bonchev–Trinajstić information content (AvgIpc) is 2.79. The first-order valence-corrected chi connectivity index (χ1v) is 9.40. The van der Waals surface area contributed by atoms with Gasteiger partial charge in [-0.25, -0.2) is 4.79 Å². The van der Waals surface area contributed by atoms with Crippen molar-refractivity contribution in [3.8, 4) is 0 Å². The summed E-state index contributed by atoms with van der Waals surface area (Å²) in [5.41, 5.74) is -0.125. The highest BCUT2D eigenvalue weighted by atomic mass is 79.9. The molecule has 0 spiro atoms. The number of amides is 4. The van der Waals surface area contributed by atoms with Crippen molar-refractivity contribution in [1.29, 1.82) is 0 Å². The normalized spacial score (nSPS) is 16.0. The van der Waals surface area contributed by atoms with Gasteiger partial charge in [-0.15, -0.1) is 0 Å². The number of carbonyl (C=O) groups excluding carboxylic acids is 3. The zero-order chi connectivity index (χ0) is 18.4. The number of benzene rings is 1. The SMILES string of the molecule is CCCC1(CCC)NC(=O)N(CCC(=O)Nc2ccc(Br)cc2)C1=O. The van der Waals surface area contributed by atoms with E-state index < -0.39 is 11.6 Å². The third-order valence-electron chi connectivity index (χ3n) is 4.29. The van der Waals surface area contributed by atoms with E-state index in [1.165, 1.54) is 4.90 Å². The Morgan fingerprint density at radius 2 is 1.76 bits per heavy atom. The summed E-state index contributed by atoms with van der Waals surface area (Å²) in [7, 11) is 0. The minimum atomic E-state index is -0.803. The number of nitrogens with zero attached hydrogens (tertiary/aromatic N) is 1. The second-order valence-electron chi connectivity index (χ2n) is 6.27. The van der Waals surface area contributed by atoms with Crippen molar-refractivity contribution in [2.45, 2.75) is 51.5 Å². The Balaban J connectivity index is 1.95. The van der Waals surface area contributed by atoms with Gasteiger partial charge < -0.3 is 10.6 Å². The summed E-state index contributed by atoms with van der Waals surface area (Å²) >= 11 is 3.33. The molecule has 2 rings (SSSR count). The molecule has 136 valence electrons. The molecule has 1 aromatic carbocycles. The molecular weight excluding hydrogens is 386 g/mol. The van der Waals surface area contributed by atoms with Gasteiger partial charge in [0.25, 0.3) is 5.91 Å². The van der Waals surface area contributed by atoms with E-state index in [2.05, 4.69) is 26.6 Å². The van der Waals surface area contributed by atoms with E-state index in [0.29, 0.717) is 18.5 Å². The summed E-state index contributed by atoms with van der Waals surface area (Å²) in [6, 6.07) is 6.82. The Morgan fingerprint density at radius 3 is 2.32 bits per heavy atom. The van der Waals surface area contributed by atoms with E-state index in [-0.39, 0.29) is 24.8 Å². The van der Waals surface area contributed by atoms with Crippen molar-refractivity contribution >= 4 is 39.5 Å². The molecule has 1 aromatic rings. The Hall–Kier alpha value is -1.89. The summed E-state index contributed by atoms with van der Waals surface area (Å²) in [4.78, 5) is 38.2. The molecule has 1 saturated heterocycles. The molecule has 0 saturated carbocycles. The second-order valence-corrected chi connectivity index (χ2v) is 7.19. The summed E-state index contributed by atoms with van der Waals surface area (Å²) < 4.78 is 0.924. The topological polar surface area (TPSA) is 78.5 Å². The van der Waals surface area contributed by atoms with Gasteiger partial charge in [0.2, 0.25) is 5.91 Å². The summed E-state index contributed by atoms with van der Waals surface area (Å²) in [6.07, 6.45) is 2.93. The van der Waals surface area contributed by atoms with E-state index in [9.17, 15) is 14.4 Å². The van der Waals surface area contributed by atoms with Crippen LogP contribution >= 0.6 is 15.9 Å². The van der Waals surface area contributed by atoms with Crippen molar-refractivity contribution in [2.75, 3.05) is 11.9 Å². The van der Waals surface area contributed by atoms with Crippen LogP contribution in [0.3, 0.4) is 0 Å². The van der Waals surface area contributed by atoms with Crippen LogP contribution in [0, 0.1) is 0 Å². The molecule has 25 heavy (non-hydrogen) atoms. The number of hydrogen-bond donors (Lipinski definition) is 2. The van der Waals surface area contributed by atoms with E-state index in [1.807, 2.05) is 26.0 Å². The van der Waals surface area contributed by atoms with Gasteiger partial charge >= 0.3 is 6.03 Å². The van der Waals surface area contributed by atoms with Gasteiger partial charge in [-0.05, 0) is 37.1 Å². The van der Waals surface area contributed by atoms with Gasteiger partial charge in [-0.3, -0.25) is 14.5 Å². The monoisotopic (exact) mass is 409 g/mol. The second kappa shape index (κ2) is 8.47. The number of anilines is 1. The lowest BCUT2D eigenvalue weighted by Crippen LogP contribution is -2.46. The van der Waals surface area contributed by atoms with Crippen molar-refractivity contribution in [2.24, 2.45) is 0 Å². The van der Waals surface area contributed by atoms with E-state index in [4.69, 9.17) is 0 Å². The molecule has 6 nitrogen and oxygen atoms in total. The van der Waals surface area contributed by atoms with Crippen LogP contribution in [-0.2, 0) is 9.59 Å². The fraction of sp³-hybridized carbons (Fsp3) is 0.500. The molecular formula is C18H24BrN3O3. The smallest absolute Gasteiger partial charge is 0.325 e. The van der Waals surface area contributed by atoms with Gasteiger partial charge in [-0.2, -0.15) is 0 Å². The average molecular weight is 410 g/mol. The first-order valence-electron chi connectivity index (χ1n) is 8.61. The number of halogens is 1. The fourth-order valence-electron chi connectivity index (χ4n) is 3.17. The number of rotatable bonds is 8. The predicted octanol–water partition coefficient (Wildman–Crippen LogP) is 3.67. The van der Waals surface area contributed by atoms with E-state index in [1.54, 1.807) is 12.1 Å². The zero-order valence-electron chi connectivity index (χ0n) is 14.6. The Kier molecular flexibility index (Phi) is 6.58. The van der Waals surface area contributed by atoms with Crippen LogP contribution in [0.4, 0.5) is 10.5 Å².